The van der Waals surface area contributed by atoms with Gasteiger partial charge in [0.15, 0.2) is 4.34 Å². The van der Waals surface area contributed by atoms with Gasteiger partial charge in [0.25, 0.3) is 0 Å². The molecule has 1 unspecified atom stereocenters. The van der Waals surface area contributed by atoms with Crippen LogP contribution in [0, 0.1) is 0 Å². The highest BCUT2D eigenvalue weighted by molar-refractivity contribution is 8.00. The van der Waals surface area contributed by atoms with Crippen LogP contribution in [0.3, 0.4) is 0 Å². The molecule has 1 rings (SSSR count). The number of nitrogens with zero attached hydrogens (tertiary/aromatic N) is 2. The third kappa shape index (κ3) is 5.79. The molecule has 0 amide bonds. The second-order valence-electron chi connectivity index (χ2n) is 3.97. The summed E-state index contributed by atoms with van der Waals surface area (Å²) in [5.41, 5.74) is 0. The minimum Gasteiger partial charge on any atom is -0.465 e. The first kappa shape index (κ1) is 15.4. The van der Waals surface area contributed by atoms with Crippen LogP contribution in [0.1, 0.15) is 27.2 Å². The molecule has 0 saturated heterocycles. The van der Waals surface area contributed by atoms with Gasteiger partial charge in [-0.3, -0.25) is 4.79 Å². The maximum atomic E-state index is 11.8. The number of hydrogen-bond acceptors (Lipinski definition) is 7. The van der Waals surface area contributed by atoms with Gasteiger partial charge >= 0.3 is 5.97 Å². The second-order valence-corrected chi connectivity index (χ2v) is 6.09. The predicted molar refractivity (Wildman–Crippen MR) is 73.9 cm³/mol. The molecular weight excluding hydrogens is 270 g/mol. The van der Waals surface area contributed by atoms with E-state index in [0.717, 1.165) is 16.5 Å². The molecule has 1 aromatic heterocycles. The van der Waals surface area contributed by atoms with Crippen LogP contribution in [0.25, 0.3) is 0 Å². The van der Waals surface area contributed by atoms with Crippen molar-refractivity contribution < 1.29 is 9.53 Å². The first-order chi connectivity index (χ1) is 8.63. The Bertz CT molecular complexity index is 344. The fourth-order valence-corrected chi connectivity index (χ4v) is 2.92. The van der Waals surface area contributed by atoms with Crippen LogP contribution < -0.4 is 5.32 Å². The summed E-state index contributed by atoms with van der Waals surface area (Å²) < 4.78 is 9.92. The van der Waals surface area contributed by atoms with Gasteiger partial charge in [0, 0.05) is 11.8 Å². The van der Waals surface area contributed by atoms with Gasteiger partial charge in [-0.1, -0.05) is 25.6 Å². The van der Waals surface area contributed by atoms with Crippen molar-refractivity contribution in [3.63, 3.8) is 0 Å². The van der Waals surface area contributed by atoms with Crippen molar-refractivity contribution in [1.29, 1.82) is 0 Å². The summed E-state index contributed by atoms with van der Waals surface area (Å²) in [5, 5.41) is 3.22. The molecule has 5 nitrogen and oxygen atoms in total. The highest BCUT2D eigenvalue weighted by atomic mass is 32.2. The smallest absolute Gasteiger partial charge is 0.323 e. The highest BCUT2D eigenvalue weighted by Crippen LogP contribution is 2.19. The van der Waals surface area contributed by atoms with Crippen molar-refractivity contribution in [3.05, 3.63) is 6.33 Å². The summed E-state index contributed by atoms with van der Waals surface area (Å²) in [6.45, 7) is 6.27. The van der Waals surface area contributed by atoms with Gasteiger partial charge in [-0.25, -0.2) is 4.98 Å². The summed E-state index contributed by atoms with van der Waals surface area (Å²) in [6, 6.07) is 0.0105. The molecule has 0 aliphatic heterocycles. The van der Waals surface area contributed by atoms with Gasteiger partial charge < -0.3 is 10.1 Å². The monoisotopic (exact) mass is 289 g/mol. The largest absolute Gasteiger partial charge is 0.465 e. The molecule has 102 valence electrons. The number of aromatic nitrogens is 2. The number of hydrogen-bond donors (Lipinski definition) is 1. The number of esters is 1. The molecule has 0 aliphatic rings. The van der Waals surface area contributed by atoms with Crippen LogP contribution in [0.15, 0.2) is 10.7 Å². The molecule has 7 heteroatoms. The number of nitrogens with one attached hydrogen (secondary N) is 1. The van der Waals surface area contributed by atoms with E-state index in [1.165, 1.54) is 11.5 Å². The van der Waals surface area contributed by atoms with E-state index in [2.05, 4.69) is 14.7 Å². The Morgan fingerprint density at radius 2 is 2.39 bits per heavy atom. The summed E-state index contributed by atoms with van der Waals surface area (Å²) in [6.07, 6.45) is 2.27. The maximum Gasteiger partial charge on any atom is 0.323 e. The van der Waals surface area contributed by atoms with E-state index in [1.54, 1.807) is 18.1 Å². The van der Waals surface area contributed by atoms with E-state index in [4.69, 9.17) is 4.74 Å². The molecule has 1 heterocycles. The van der Waals surface area contributed by atoms with Gasteiger partial charge in [0.1, 0.15) is 12.4 Å². The first-order valence-corrected chi connectivity index (χ1v) is 7.71. The van der Waals surface area contributed by atoms with E-state index in [9.17, 15) is 4.79 Å². The third-order valence-corrected chi connectivity index (χ3v) is 3.91. The predicted octanol–water partition coefficient (Wildman–Crippen LogP) is 1.95. The van der Waals surface area contributed by atoms with Crippen LogP contribution in [-0.2, 0) is 9.53 Å². The molecule has 0 fully saturated rings. The van der Waals surface area contributed by atoms with Crippen molar-refractivity contribution in [2.75, 3.05) is 12.4 Å². The molecular formula is C11H19N3O2S2. The lowest BCUT2D eigenvalue weighted by molar-refractivity contribution is -0.145. The average Bonchev–Trinajstić information content (AvgIpc) is 2.80. The Hall–Kier alpha value is -0.660. The van der Waals surface area contributed by atoms with Crippen LogP contribution in [0.2, 0.25) is 0 Å². The topological polar surface area (TPSA) is 64.1 Å². The van der Waals surface area contributed by atoms with E-state index in [1.807, 2.05) is 20.8 Å². The molecule has 0 radical (unpaired) electrons. The minimum atomic E-state index is -0.245. The lowest BCUT2D eigenvalue weighted by atomic mass is 10.2. The zero-order valence-corrected chi connectivity index (χ0v) is 12.5. The third-order valence-electron chi connectivity index (χ3n) is 2.08. The lowest BCUT2D eigenvalue weighted by Crippen LogP contribution is -2.42. The zero-order chi connectivity index (χ0) is 13.4. The Morgan fingerprint density at radius 1 is 1.61 bits per heavy atom. The number of thioether (sulfide) groups is 1. The fourth-order valence-electron chi connectivity index (χ4n) is 1.41. The Labute approximate surface area is 116 Å². The Kier molecular flexibility index (Phi) is 7.22. The number of carbonyl (C=O) groups excluding carboxylic acids is 1. The van der Waals surface area contributed by atoms with Crippen LogP contribution in [0.5, 0.6) is 0 Å². The SMILES string of the molecule is CCOC(=O)C(CCSc1ncns1)NC(C)C. The normalized spacial score (nSPS) is 12.7. The molecule has 0 aromatic carbocycles. The van der Waals surface area contributed by atoms with Crippen molar-refractivity contribution in [3.8, 4) is 0 Å². The quantitative estimate of drug-likeness (QED) is 0.583. The number of carbonyl (C=O) groups is 1. The Morgan fingerprint density at radius 3 is 2.94 bits per heavy atom. The Balaban J connectivity index is 2.37. The average molecular weight is 289 g/mol. The van der Waals surface area contributed by atoms with E-state index < -0.39 is 0 Å². The zero-order valence-electron chi connectivity index (χ0n) is 10.9. The summed E-state index contributed by atoms with van der Waals surface area (Å²) in [4.78, 5) is 15.8. The van der Waals surface area contributed by atoms with E-state index in [0.29, 0.717) is 6.61 Å². The molecule has 18 heavy (non-hydrogen) atoms. The second kappa shape index (κ2) is 8.44. The minimum absolute atomic E-state index is 0.177. The van der Waals surface area contributed by atoms with Crippen molar-refractivity contribution in [2.45, 2.75) is 43.6 Å². The van der Waals surface area contributed by atoms with Crippen LogP contribution >= 0.6 is 23.3 Å². The van der Waals surface area contributed by atoms with E-state index >= 15 is 0 Å². The van der Waals surface area contributed by atoms with Crippen molar-refractivity contribution in [1.82, 2.24) is 14.7 Å². The van der Waals surface area contributed by atoms with Gasteiger partial charge in [-0.15, -0.1) is 0 Å². The first-order valence-electron chi connectivity index (χ1n) is 5.95. The van der Waals surface area contributed by atoms with Crippen LogP contribution in [-0.4, -0.2) is 39.8 Å². The maximum absolute atomic E-state index is 11.8. The molecule has 0 bridgehead atoms. The highest BCUT2D eigenvalue weighted by Gasteiger charge is 2.20. The van der Waals surface area contributed by atoms with Gasteiger partial charge in [-0.05, 0) is 24.9 Å². The summed E-state index contributed by atoms with van der Waals surface area (Å²) >= 11 is 2.99. The summed E-state index contributed by atoms with van der Waals surface area (Å²) in [5.74, 6) is 0.641. The molecule has 1 N–H and O–H groups in total. The fraction of sp³-hybridized carbons (Fsp3) is 0.727. The molecule has 0 spiro atoms. The number of ether oxygens (including phenoxy) is 1. The van der Waals surface area contributed by atoms with Crippen molar-refractivity contribution in [2.24, 2.45) is 0 Å². The summed E-state index contributed by atoms with van der Waals surface area (Å²) in [7, 11) is 0. The van der Waals surface area contributed by atoms with Gasteiger partial charge in [-0.2, -0.15) is 4.37 Å². The molecule has 0 aliphatic carbocycles. The standard InChI is InChI=1S/C11H19N3O2S2/c1-4-16-10(15)9(14-8(2)3)5-6-17-11-12-7-13-18-11/h7-9,14H,4-6H2,1-3H3. The van der Waals surface area contributed by atoms with Gasteiger partial charge in [0.05, 0.1) is 6.61 Å². The number of rotatable bonds is 8. The lowest BCUT2D eigenvalue weighted by Gasteiger charge is -2.19. The van der Waals surface area contributed by atoms with E-state index in [-0.39, 0.29) is 18.1 Å². The molecule has 1 atom stereocenters. The molecule has 1 aromatic rings. The molecule has 0 saturated carbocycles. The van der Waals surface area contributed by atoms with Crippen LogP contribution in [0.4, 0.5) is 0 Å². The van der Waals surface area contributed by atoms with Crippen molar-refractivity contribution >= 4 is 29.3 Å². The van der Waals surface area contributed by atoms with Gasteiger partial charge in [0.2, 0.25) is 0 Å².